The minimum atomic E-state index is -0.768. The van der Waals surface area contributed by atoms with Crippen LogP contribution in [0.5, 0.6) is 0 Å². The van der Waals surface area contributed by atoms with Gasteiger partial charge < -0.3 is 15.8 Å². The molecule has 186 valence electrons. The van der Waals surface area contributed by atoms with E-state index in [-0.39, 0.29) is 29.0 Å². The van der Waals surface area contributed by atoms with Crippen molar-refractivity contribution in [2.24, 2.45) is 5.92 Å². The van der Waals surface area contributed by atoms with E-state index >= 15 is 0 Å². The predicted octanol–water partition coefficient (Wildman–Crippen LogP) is 5.56. The third kappa shape index (κ3) is 6.01. The van der Waals surface area contributed by atoms with Gasteiger partial charge in [0, 0.05) is 18.2 Å². The average molecular weight is 484 g/mol. The molecule has 7 nitrogen and oxygen atoms in total. The Labute approximate surface area is 203 Å². The number of nitrogens with one attached hydrogen (secondary N) is 1. The number of aryl methyl sites for hydroxylation is 1. The van der Waals surface area contributed by atoms with Gasteiger partial charge in [0.15, 0.2) is 0 Å². The zero-order chi connectivity index (χ0) is 25.3. The molecule has 3 aromatic rings. The molecule has 0 saturated heterocycles. The van der Waals surface area contributed by atoms with Crippen LogP contribution < -0.4 is 11.1 Å². The highest BCUT2D eigenvalue weighted by Gasteiger charge is 2.26. The minimum Gasteiger partial charge on any atom is -0.460 e. The van der Waals surface area contributed by atoms with E-state index in [1.807, 2.05) is 27.7 Å². The van der Waals surface area contributed by atoms with Crippen molar-refractivity contribution in [2.75, 3.05) is 11.1 Å². The number of carbonyl (C=O) groups is 1. The Morgan fingerprint density at radius 1 is 1.11 bits per heavy atom. The van der Waals surface area contributed by atoms with Gasteiger partial charge in [0.25, 0.3) is 0 Å². The number of rotatable bonds is 5. The van der Waals surface area contributed by atoms with Gasteiger partial charge in [-0.1, -0.05) is 0 Å². The standard InChI is InChI=1S/C26H31F2N5O2/c1-14-9-20(23-18(27)11-16(29)12-19(23)28)32-21-13-30-25(33-24(14)21)31-17-7-5-15(6-8-17)10-22(34)35-26(2,3)4/h9,11-13,15,17H,5-8,10,29H2,1-4H3,(H,30,31,33). The van der Waals surface area contributed by atoms with Crippen LogP contribution >= 0.6 is 0 Å². The number of fused-ring (bicyclic) bond motifs is 1. The molecular weight excluding hydrogens is 452 g/mol. The van der Waals surface area contributed by atoms with Crippen LogP contribution in [0.3, 0.4) is 0 Å². The first-order valence-corrected chi connectivity index (χ1v) is 11.9. The molecule has 0 aliphatic heterocycles. The van der Waals surface area contributed by atoms with E-state index < -0.39 is 17.2 Å². The lowest BCUT2D eigenvalue weighted by molar-refractivity contribution is -0.156. The second-order valence-electron chi connectivity index (χ2n) is 10.3. The Morgan fingerprint density at radius 3 is 2.40 bits per heavy atom. The van der Waals surface area contributed by atoms with Crippen molar-refractivity contribution in [3.05, 3.63) is 41.6 Å². The Morgan fingerprint density at radius 2 is 1.77 bits per heavy atom. The number of aromatic nitrogens is 3. The van der Waals surface area contributed by atoms with Gasteiger partial charge in [-0.2, -0.15) is 0 Å². The maximum atomic E-state index is 14.4. The molecule has 4 rings (SSSR count). The van der Waals surface area contributed by atoms with E-state index in [1.54, 1.807) is 12.3 Å². The van der Waals surface area contributed by atoms with Gasteiger partial charge >= 0.3 is 5.97 Å². The van der Waals surface area contributed by atoms with Crippen LogP contribution in [0, 0.1) is 24.5 Å². The summed E-state index contributed by atoms with van der Waals surface area (Å²) in [6.45, 7) is 7.45. The number of hydrogen-bond acceptors (Lipinski definition) is 7. The fourth-order valence-electron chi connectivity index (χ4n) is 4.53. The fraction of sp³-hybridized carbons (Fsp3) is 0.462. The lowest BCUT2D eigenvalue weighted by Gasteiger charge is -2.29. The van der Waals surface area contributed by atoms with E-state index in [4.69, 9.17) is 10.5 Å². The molecular formula is C26H31F2N5O2. The number of halogens is 2. The largest absolute Gasteiger partial charge is 0.460 e. The molecule has 1 fully saturated rings. The van der Waals surface area contributed by atoms with E-state index in [9.17, 15) is 13.6 Å². The number of esters is 1. The summed E-state index contributed by atoms with van der Waals surface area (Å²) >= 11 is 0. The average Bonchev–Trinajstić information content (AvgIpc) is 2.73. The molecule has 1 aliphatic rings. The quantitative estimate of drug-likeness (QED) is 0.362. The van der Waals surface area contributed by atoms with Crippen LogP contribution in [0.2, 0.25) is 0 Å². The summed E-state index contributed by atoms with van der Waals surface area (Å²) in [6, 6.07) is 3.96. The van der Waals surface area contributed by atoms with Crippen LogP contribution in [0.15, 0.2) is 24.4 Å². The van der Waals surface area contributed by atoms with Gasteiger partial charge in [0.1, 0.15) is 22.8 Å². The van der Waals surface area contributed by atoms with E-state index in [1.165, 1.54) is 0 Å². The Hall–Kier alpha value is -3.36. The number of pyridine rings is 1. The maximum absolute atomic E-state index is 14.4. The minimum absolute atomic E-state index is 0.0131. The van der Waals surface area contributed by atoms with Crippen molar-refractivity contribution in [3.8, 4) is 11.3 Å². The van der Waals surface area contributed by atoms with E-state index in [0.717, 1.165) is 43.4 Å². The number of benzene rings is 1. The molecule has 2 aromatic heterocycles. The molecule has 1 aromatic carbocycles. The third-order valence-electron chi connectivity index (χ3n) is 6.11. The first-order valence-electron chi connectivity index (χ1n) is 11.9. The number of carbonyl (C=O) groups excluding carboxylic acids is 1. The Bertz CT molecular complexity index is 1230. The van der Waals surface area contributed by atoms with E-state index in [2.05, 4.69) is 20.3 Å². The van der Waals surface area contributed by atoms with Crippen molar-refractivity contribution >= 4 is 28.6 Å². The zero-order valence-corrected chi connectivity index (χ0v) is 20.5. The summed E-state index contributed by atoms with van der Waals surface area (Å²) in [5.74, 6) is -0.881. The lowest BCUT2D eigenvalue weighted by atomic mass is 9.84. The molecule has 0 unspecified atom stereocenters. The number of hydrogen-bond donors (Lipinski definition) is 2. The summed E-state index contributed by atoms with van der Waals surface area (Å²) in [5, 5.41) is 3.38. The number of anilines is 2. The Balaban J connectivity index is 1.43. The number of ether oxygens (including phenoxy) is 1. The Kier molecular flexibility index (Phi) is 6.87. The second kappa shape index (κ2) is 9.71. The van der Waals surface area contributed by atoms with Crippen LogP contribution in [-0.4, -0.2) is 32.6 Å². The summed E-state index contributed by atoms with van der Waals surface area (Å²) in [6.07, 6.45) is 5.66. The maximum Gasteiger partial charge on any atom is 0.306 e. The number of nitrogens with zero attached hydrogens (tertiary/aromatic N) is 3. The molecule has 0 radical (unpaired) electrons. The fourth-order valence-corrected chi connectivity index (χ4v) is 4.53. The topological polar surface area (TPSA) is 103 Å². The predicted molar refractivity (Wildman–Crippen MR) is 132 cm³/mol. The first kappa shape index (κ1) is 24.8. The molecule has 0 spiro atoms. The van der Waals surface area contributed by atoms with Crippen LogP contribution in [0.1, 0.15) is 58.4 Å². The monoisotopic (exact) mass is 483 g/mol. The van der Waals surface area contributed by atoms with Crippen molar-refractivity contribution in [3.63, 3.8) is 0 Å². The summed E-state index contributed by atoms with van der Waals surface area (Å²) in [7, 11) is 0. The smallest absolute Gasteiger partial charge is 0.306 e. The van der Waals surface area contributed by atoms with Crippen molar-refractivity contribution in [1.29, 1.82) is 0 Å². The van der Waals surface area contributed by atoms with Gasteiger partial charge in [-0.15, -0.1) is 0 Å². The SMILES string of the molecule is Cc1cc(-c2c(F)cc(N)cc2F)nc2cnc(NC3CCC(CC(=O)OC(C)(C)C)CC3)nc12. The van der Waals surface area contributed by atoms with Gasteiger partial charge in [-0.05, 0) is 83.1 Å². The third-order valence-corrected chi connectivity index (χ3v) is 6.11. The molecule has 0 atom stereocenters. The molecule has 1 aliphatic carbocycles. The van der Waals surface area contributed by atoms with Crippen molar-refractivity contribution in [1.82, 2.24) is 15.0 Å². The number of nitrogen functional groups attached to an aromatic ring is 1. The highest BCUT2D eigenvalue weighted by atomic mass is 19.1. The van der Waals surface area contributed by atoms with E-state index in [0.29, 0.717) is 29.3 Å². The lowest BCUT2D eigenvalue weighted by Crippen LogP contribution is -2.30. The van der Waals surface area contributed by atoms with Crippen molar-refractivity contribution < 1.29 is 18.3 Å². The molecule has 0 amide bonds. The van der Waals surface area contributed by atoms with Gasteiger partial charge in [0.05, 0.1) is 23.0 Å². The normalized spacial score (nSPS) is 18.5. The van der Waals surface area contributed by atoms with Gasteiger partial charge in [-0.25, -0.2) is 23.7 Å². The molecule has 2 heterocycles. The highest BCUT2D eigenvalue weighted by molar-refractivity contribution is 5.82. The summed E-state index contributed by atoms with van der Waals surface area (Å²) in [4.78, 5) is 25.5. The zero-order valence-electron chi connectivity index (χ0n) is 20.5. The molecule has 1 saturated carbocycles. The molecule has 9 heteroatoms. The van der Waals surface area contributed by atoms with Crippen LogP contribution in [0.4, 0.5) is 20.4 Å². The number of nitrogens with two attached hydrogens (primary N) is 1. The summed E-state index contributed by atoms with van der Waals surface area (Å²) in [5.41, 5.74) is 6.80. The summed E-state index contributed by atoms with van der Waals surface area (Å²) < 4.78 is 34.2. The molecule has 35 heavy (non-hydrogen) atoms. The van der Waals surface area contributed by atoms with Crippen LogP contribution in [0.25, 0.3) is 22.3 Å². The molecule has 3 N–H and O–H groups in total. The van der Waals surface area contributed by atoms with Gasteiger partial charge in [-0.3, -0.25) is 4.79 Å². The highest BCUT2D eigenvalue weighted by Crippen LogP contribution is 2.31. The van der Waals surface area contributed by atoms with Crippen LogP contribution in [-0.2, 0) is 9.53 Å². The first-order chi connectivity index (χ1) is 16.5. The molecule has 0 bridgehead atoms. The van der Waals surface area contributed by atoms with Crippen molar-refractivity contribution in [2.45, 2.75) is 71.4 Å². The van der Waals surface area contributed by atoms with Gasteiger partial charge in [0.2, 0.25) is 5.95 Å². The second-order valence-corrected chi connectivity index (χ2v) is 10.3.